The molecule has 1 amide bonds. The van der Waals surface area contributed by atoms with Gasteiger partial charge < -0.3 is 14.8 Å². The quantitative estimate of drug-likeness (QED) is 0.501. The molecule has 0 atom stereocenters. The average Bonchev–Trinajstić information content (AvgIpc) is 2.72. The number of hydrogen-bond donors (Lipinski definition) is 1. The third-order valence-corrected chi connectivity index (χ3v) is 4.47. The van der Waals surface area contributed by atoms with Crippen LogP contribution in [0, 0.1) is 0 Å². The second-order valence-corrected chi connectivity index (χ2v) is 6.67. The van der Waals surface area contributed by atoms with Crippen molar-refractivity contribution in [2.45, 2.75) is 12.8 Å². The van der Waals surface area contributed by atoms with Crippen LogP contribution < -0.4 is 14.8 Å². The molecule has 0 aromatic heterocycles. The number of nitrogens with one attached hydrogen (secondary N) is 1. The van der Waals surface area contributed by atoms with Crippen molar-refractivity contribution in [3.05, 3.63) is 88.4 Å². The Kier molecular flexibility index (Phi) is 6.52. The van der Waals surface area contributed by atoms with E-state index in [1.165, 1.54) is 37.4 Å². The average molecular weight is 436 g/mol. The van der Waals surface area contributed by atoms with Crippen LogP contribution in [0.2, 0.25) is 5.02 Å². The molecule has 0 saturated heterocycles. The molecule has 0 aliphatic carbocycles. The second kappa shape index (κ2) is 9.09. The number of carbonyl (C=O) groups is 1. The van der Waals surface area contributed by atoms with Crippen molar-refractivity contribution in [1.29, 1.82) is 0 Å². The first-order valence-electron chi connectivity index (χ1n) is 8.81. The monoisotopic (exact) mass is 435 g/mol. The topological polar surface area (TPSA) is 47.6 Å². The lowest BCUT2D eigenvalue weighted by molar-refractivity contribution is -0.136. The Morgan fingerprint density at radius 1 is 1.03 bits per heavy atom. The summed E-state index contributed by atoms with van der Waals surface area (Å²) in [7, 11) is 1.40. The van der Waals surface area contributed by atoms with Crippen molar-refractivity contribution < 1.29 is 27.4 Å². The Labute approximate surface area is 176 Å². The number of ether oxygens (including phenoxy) is 2. The third-order valence-electron chi connectivity index (χ3n) is 4.19. The molecule has 8 heteroatoms. The summed E-state index contributed by atoms with van der Waals surface area (Å²) < 4.78 is 50.5. The van der Waals surface area contributed by atoms with Crippen molar-refractivity contribution in [2.75, 3.05) is 12.4 Å². The van der Waals surface area contributed by atoms with Crippen LogP contribution in [0.5, 0.6) is 11.5 Å². The van der Waals surface area contributed by atoms with Gasteiger partial charge in [0.2, 0.25) is 0 Å². The van der Waals surface area contributed by atoms with Crippen LogP contribution in [0.4, 0.5) is 18.9 Å². The molecule has 0 fully saturated rings. The predicted molar refractivity (Wildman–Crippen MR) is 108 cm³/mol. The van der Waals surface area contributed by atoms with E-state index in [1.807, 2.05) is 30.3 Å². The third kappa shape index (κ3) is 5.04. The van der Waals surface area contributed by atoms with Gasteiger partial charge in [-0.2, -0.15) is 13.2 Å². The molecule has 0 aliphatic heterocycles. The van der Waals surface area contributed by atoms with E-state index in [1.54, 1.807) is 0 Å². The number of halogens is 4. The van der Waals surface area contributed by atoms with Gasteiger partial charge in [0.25, 0.3) is 5.91 Å². The van der Waals surface area contributed by atoms with Gasteiger partial charge in [0.05, 0.1) is 23.4 Å². The zero-order chi connectivity index (χ0) is 21.7. The van der Waals surface area contributed by atoms with Crippen molar-refractivity contribution >= 4 is 23.2 Å². The smallest absolute Gasteiger partial charge is 0.418 e. The summed E-state index contributed by atoms with van der Waals surface area (Å²) in [6.45, 7) is 0.190. The van der Waals surface area contributed by atoms with E-state index in [-0.39, 0.29) is 34.4 Å². The van der Waals surface area contributed by atoms with E-state index in [4.69, 9.17) is 21.1 Å². The van der Waals surface area contributed by atoms with Crippen LogP contribution >= 0.6 is 11.6 Å². The van der Waals surface area contributed by atoms with Gasteiger partial charge in [-0.3, -0.25) is 4.79 Å². The molecule has 156 valence electrons. The summed E-state index contributed by atoms with van der Waals surface area (Å²) in [5.74, 6) is -0.344. The van der Waals surface area contributed by atoms with E-state index < -0.39 is 17.6 Å². The molecule has 30 heavy (non-hydrogen) atoms. The first kappa shape index (κ1) is 21.5. The number of para-hydroxylation sites is 1. The van der Waals surface area contributed by atoms with Crippen LogP contribution in [-0.4, -0.2) is 13.0 Å². The lowest BCUT2D eigenvalue weighted by atomic mass is 10.1. The second-order valence-electron chi connectivity index (χ2n) is 6.26. The lowest BCUT2D eigenvalue weighted by Crippen LogP contribution is -2.17. The highest BCUT2D eigenvalue weighted by atomic mass is 35.5. The summed E-state index contributed by atoms with van der Waals surface area (Å²) in [6.07, 6.45) is -4.61. The van der Waals surface area contributed by atoms with Gasteiger partial charge in [-0.05, 0) is 29.8 Å². The number of anilines is 1. The highest BCUT2D eigenvalue weighted by Gasteiger charge is 2.33. The van der Waals surface area contributed by atoms with Crippen LogP contribution in [0.1, 0.15) is 21.5 Å². The first-order chi connectivity index (χ1) is 14.3. The van der Waals surface area contributed by atoms with Gasteiger partial charge in [0.1, 0.15) is 6.61 Å². The Balaban J connectivity index is 1.87. The number of benzene rings is 3. The molecule has 3 aromatic carbocycles. The minimum atomic E-state index is -4.61. The first-order valence-corrected chi connectivity index (χ1v) is 9.19. The van der Waals surface area contributed by atoms with Gasteiger partial charge in [-0.1, -0.05) is 54.1 Å². The summed E-state index contributed by atoms with van der Waals surface area (Å²) in [5, 5.41) is 2.38. The largest absolute Gasteiger partial charge is 0.491 e. The lowest BCUT2D eigenvalue weighted by Gasteiger charge is -2.16. The van der Waals surface area contributed by atoms with Gasteiger partial charge in [0, 0.05) is 5.56 Å². The standard InChI is InChI=1S/C22H17ClF3NO3/c1-29-20-17(23)11-15(12-19(20)30-13-14-7-3-2-4-8-14)21(28)27-18-10-6-5-9-16(18)22(24,25)26/h2-12H,13H2,1H3,(H,27,28). The molecule has 3 rings (SSSR count). The molecule has 0 saturated carbocycles. The Morgan fingerprint density at radius 3 is 2.37 bits per heavy atom. The minimum Gasteiger partial charge on any atom is -0.491 e. The van der Waals surface area contributed by atoms with Crippen LogP contribution in [-0.2, 0) is 12.8 Å². The number of amides is 1. The molecule has 3 aromatic rings. The summed E-state index contributed by atoms with van der Waals surface area (Å²) in [6, 6.07) is 16.7. The maximum atomic E-state index is 13.2. The SMILES string of the molecule is COc1c(Cl)cc(C(=O)Nc2ccccc2C(F)(F)F)cc1OCc1ccccc1. The molecule has 0 unspecified atom stereocenters. The van der Waals surface area contributed by atoms with E-state index in [0.29, 0.717) is 0 Å². The number of carbonyl (C=O) groups excluding carboxylic acids is 1. The van der Waals surface area contributed by atoms with E-state index in [0.717, 1.165) is 11.6 Å². The zero-order valence-corrected chi connectivity index (χ0v) is 16.6. The fourth-order valence-electron chi connectivity index (χ4n) is 2.77. The van der Waals surface area contributed by atoms with E-state index in [2.05, 4.69) is 5.32 Å². The highest BCUT2D eigenvalue weighted by molar-refractivity contribution is 6.32. The van der Waals surface area contributed by atoms with Crippen molar-refractivity contribution in [2.24, 2.45) is 0 Å². The molecule has 1 N–H and O–H groups in total. The van der Waals surface area contributed by atoms with Gasteiger partial charge >= 0.3 is 6.18 Å². The molecular weight excluding hydrogens is 419 g/mol. The van der Waals surface area contributed by atoms with Crippen LogP contribution in [0.3, 0.4) is 0 Å². The fourth-order valence-corrected chi connectivity index (χ4v) is 3.06. The molecular formula is C22H17ClF3NO3. The maximum absolute atomic E-state index is 13.2. The number of rotatable bonds is 6. The van der Waals surface area contributed by atoms with Crippen LogP contribution in [0.15, 0.2) is 66.7 Å². The molecule has 0 aliphatic rings. The maximum Gasteiger partial charge on any atom is 0.418 e. The number of alkyl halides is 3. The Bertz CT molecular complexity index is 1040. The fraction of sp³-hybridized carbons (Fsp3) is 0.136. The van der Waals surface area contributed by atoms with Crippen molar-refractivity contribution in [1.82, 2.24) is 0 Å². The van der Waals surface area contributed by atoms with Crippen LogP contribution in [0.25, 0.3) is 0 Å². The highest BCUT2D eigenvalue weighted by Crippen LogP contribution is 2.38. The van der Waals surface area contributed by atoms with E-state index in [9.17, 15) is 18.0 Å². The van der Waals surface area contributed by atoms with E-state index >= 15 is 0 Å². The van der Waals surface area contributed by atoms with Crippen molar-refractivity contribution in [3.8, 4) is 11.5 Å². The molecule has 0 radical (unpaired) electrons. The number of methoxy groups -OCH3 is 1. The minimum absolute atomic E-state index is 0.0286. The summed E-state index contributed by atoms with van der Waals surface area (Å²) >= 11 is 6.20. The molecule has 0 heterocycles. The van der Waals surface area contributed by atoms with Gasteiger partial charge in [0.15, 0.2) is 11.5 Å². The zero-order valence-electron chi connectivity index (χ0n) is 15.8. The normalized spacial score (nSPS) is 11.1. The predicted octanol–water partition coefficient (Wildman–Crippen LogP) is 6.20. The molecule has 0 spiro atoms. The number of hydrogen-bond acceptors (Lipinski definition) is 3. The summed E-state index contributed by atoms with van der Waals surface area (Å²) in [4.78, 5) is 12.6. The van der Waals surface area contributed by atoms with Gasteiger partial charge in [-0.15, -0.1) is 0 Å². The summed E-state index contributed by atoms with van der Waals surface area (Å²) in [5.41, 5.74) is -0.391. The van der Waals surface area contributed by atoms with Crippen molar-refractivity contribution in [3.63, 3.8) is 0 Å². The molecule has 0 bridgehead atoms. The van der Waals surface area contributed by atoms with Gasteiger partial charge in [-0.25, -0.2) is 0 Å². The molecule has 4 nitrogen and oxygen atoms in total. The Morgan fingerprint density at radius 2 is 1.70 bits per heavy atom. The Hall–Kier alpha value is -3.19.